The number of carboxylic acid groups (broad SMARTS) is 1. The summed E-state index contributed by atoms with van der Waals surface area (Å²) in [6.07, 6.45) is -0.165. The highest BCUT2D eigenvalue weighted by molar-refractivity contribution is 7.71. The Morgan fingerprint density at radius 1 is 1.18 bits per heavy atom. The number of aromatic nitrogens is 4. The fourth-order valence-corrected chi connectivity index (χ4v) is 1.91. The molecule has 116 valence electrons. The van der Waals surface area contributed by atoms with Gasteiger partial charge in [-0.15, -0.1) is 0 Å². The van der Waals surface area contributed by atoms with E-state index in [0.29, 0.717) is 0 Å². The third-order valence-corrected chi connectivity index (χ3v) is 2.89. The molecule has 0 saturated heterocycles. The second kappa shape index (κ2) is 6.30. The van der Waals surface area contributed by atoms with Gasteiger partial charge in [-0.3, -0.25) is 24.2 Å². The maximum Gasteiger partial charge on any atom is 0.322 e. The van der Waals surface area contributed by atoms with Crippen LogP contribution >= 0.6 is 12.2 Å². The summed E-state index contributed by atoms with van der Waals surface area (Å²) in [7, 11) is 0. The van der Waals surface area contributed by atoms with E-state index in [1.807, 2.05) is 0 Å². The van der Waals surface area contributed by atoms with E-state index >= 15 is 0 Å². The van der Waals surface area contributed by atoms with Crippen molar-refractivity contribution in [1.29, 1.82) is 0 Å². The van der Waals surface area contributed by atoms with E-state index in [-0.39, 0.29) is 34.5 Å². The Hall–Kier alpha value is -2.82. The number of hydrogen-bond donors (Lipinski definition) is 5. The van der Waals surface area contributed by atoms with E-state index in [9.17, 15) is 19.2 Å². The fraction of sp³-hybridized carbons (Fsp3) is 0.273. The van der Waals surface area contributed by atoms with Crippen molar-refractivity contribution in [2.45, 2.75) is 12.8 Å². The molecule has 0 aliphatic rings. The minimum Gasteiger partial charge on any atom is -0.480 e. The monoisotopic (exact) mass is 325 g/mol. The van der Waals surface area contributed by atoms with Gasteiger partial charge in [0.15, 0.2) is 10.3 Å². The molecule has 2 aromatic rings. The normalized spacial score (nSPS) is 10.5. The van der Waals surface area contributed by atoms with Crippen LogP contribution in [-0.4, -0.2) is 43.5 Å². The minimum atomic E-state index is -1.17. The highest BCUT2D eigenvalue weighted by Crippen LogP contribution is 1.99. The van der Waals surface area contributed by atoms with Gasteiger partial charge in [-0.2, -0.15) is 0 Å². The lowest BCUT2D eigenvalue weighted by molar-refractivity contribution is -0.137. The number of aromatic amines is 3. The molecule has 2 rings (SSSR count). The number of carbonyl (C=O) groups is 2. The largest absolute Gasteiger partial charge is 0.480 e. The predicted octanol–water partition coefficient (Wildman–Crippen LogP) is -1.20. The molecular formula is C11H11N5O5S. The van der Waals surface area contributed by atoms with Crippen molar-refractivity contribution in [2.75, 3.05) is 6.54 Å². The number of aryl methyl sites for hydroxylation is 1. The average Bonchev–Trinajstić information content (AvgIpc) is 2.42. The number of carbonyl (C=O) groups excluding carboxylic acids is 1. The number of nitrogens with one attached hydrogen (secondary N) is 4. The summed E-state index contributed by atoms with van der Waals surface area (Å²) in [6.45, 7) is -0.503. The van der Waals surface area contributed by atoms with Gasteiger partial charge in [0.2, 0.25) is 5.91 Å². The van der Waals surface area contributed by atoms with Gasteiger partial charge in [0.1, 0.15) is 17.9 Å². The van der Waals surface area contributed by atoms with Crippen LogP contribution in [-0.2, 0) is 16.0 Å². The number of amides is 1. The van der Waals surface area contributed by atoms with Crippen LogP contribution in [0.4, 0.5) is 0 Å². The van der Waals surface area contributed by atoms with Crippen molar-refractivity contribution < 1.29 is 14.7 Å². The first-order valence-electron chi connectivity index (χ1n) is 6.11. The van der Waals surface area contributed by atoms with Crippen LogP contribution in [0.3, 0.4) is 0 Å². The molecule has 10 nitrogen and oxygen atoms in total. The zero-order chi connectivity index (χ0) is 16.3. The summed E-state index contributed by atoms with van der Waals surface area (Å²) < 4.78 is 0.0516. The van der Waals surface area contributed by atoms with E-state index < -0.39 is 29.5 Å². The van der Waals surface area contributed by atoms with Gasteiger partial charge in [0, 0.05) is 12.8 Å². The second-order valence-corrected chi connectivity index (χ2v) is 4.72. The second-order valence-electron chi connectivity index (χ2n) is 4.31. The molecule has 0 bridgehead atoms. The Morgan fingerprint density at radius 2 is 1.91 bits per heavy atom. The predicted molar refractivity (Wildman–Crippen MR) is 77.1 cm³/mol. The maximum absolute atomic E-state index is 11.8. The summed E-state index contributed by atoms with van der Waals surface area (Å²) in [4.78, 5) is 56.5. The highest BCUT2D eigenvalue weighted by Gasteiger charge is 2.11. The van der Waals surface area contributed by atoms with E-state index in [2.05, 4.69) is 25.3 Å². The standard InChI is InChI=1S/C11H11N5O5S/c17-5(12-3-6(18)19)2-1-4-9(20)14-8-7(13-4)10(21)16-11(22)15-8/h1-3H2,(H,12,17)(H,18,19)(H3,14,15,16,20,21,22). The molecule has 0 radical (unpaired) electrons. The Morgan fingerprint density at radius 3 is 2.59 bits per heavy atom. The van der Waals surface area contributed by atoms with Crippen molar-refractivity contribution >= 4 is 35.3 Å². The summed E-state index contributed by atoms with van der Waals surface area (Å²) in [6, 6.07) is 0. The van der Waals surface area contributed by atoms with Crippen molar-refractivity contribution in [3.63, 3.8) is 0 Å². The number of rotatable bonds is 5. The van der Waals surface area contributed by atoms with E-state index in [4.69, 9.17) is 17.3 Å². The zero-order valence-electron chi connectivity index (χ0n) is 11.1. The number of nitrogens with zero attached hydrogens (tertiary/aromatic N) is 1. The Balaban J connectivity index is 2.22. The molecule has 0 saturated carbocycles. The van der Waals surface area contributed by atoms with Crippen molar-refractivity contribution in [3.05, 3.63) is 31.2 Å². The van der Waals surface area contributed by atoms with Crippen LogP contribution in [0.1, 0.15) is 12.1 Å². The Bertz CT molecular complexity index is 911. The lowest BCUT2D eigenvalue weighted by Gasteiger charge is -2.03. The molecule has 2 aromatic heterocycles. The van der Waals surface area contributed by atoms with Crippen LogP contribution in [0, 0.1) is 4.77 Å². The maximum atomic E-state index is 11.8. The van der Waals surface area contributed by atoms with Crippen LogP contribution < -0.4 is 16.4 Å². The molecule has 2 heterocycles. The number of hydrogen-bond acceptors (Lipinski definition) is 6. The van der Waals surface area contributed by atoms with Crippen molar-refractivity contribution in [1.82, 2.24) is 25.3 Å². The quantitative estimate of drug-likeness (QED) is 0.431. The third kappa shape index (κ3) is 3.63. The lowest BCUT2D eigenvalue weighted by Crippen LogP contribution is -2.30. The Labute approximate surface area is 126 Å². The molecule has 0 aromatic carbocycles. The molecule has 0 aliphatic heterocycles. The van der Waals surface area contributed by atoms with E-state index in [1.165, 1.54) is 0 Å². The zero-order valence-corrected chi connectivity index (χ0v) is 11.9. The number of fused-ring (bicyclic) bond motifs is 1. The van der Waals surface area contributed by atoms with Gasteiger partial charge >= 0.3 is 5.97 Å². The van der Waals surface area contributed by atoms with Crippen LogP contribution in [0.2, 0.25) is 0 Å². The van der Waals surface area contributed by atoms with Gasteiger partial charge in [0.25, 0.3) is 11.1 Å². The first kappa shape index (κ1) is 15.6. The average molecular weight is 325 g/mol. The molecule has 1 amide bonds. The van der Waals surface area contributed by atoms with Crippen LogP contribution in [0.15, 0.2) is 9.59 Å². The summed E-state index contributed by atoms with van der Waals surface area (Å²) >= 11 is 4.78. The van der Waals surface area contributed by atoms with Crippen molar-refractivity contribution in [3.8, 4) is 0 Å². The SMILES string of the molecule is O=C(O)CNC(=O)CCc1nc2c(=O)[nH]c(=S)[nH]c2[nH]c1=O. The molecule has 0 fully saturated rings. The Kier molecular flexibility index (Phi) is 4.46. The first-order valence-corrected chi connectivity index (χ1v) is 6.51. The van der Waals surface area contributed by atoms with Crippen molar-refractivity contribution in [2.24, 2.45) is 0 Å². The summed E-state index contributed by atoms with van der Waals surface area (Å²) in [5, 5.41) is 10.6. The van der Waals surface area contributed by atoms with Gasteiger partial charge < -0.3 is 20.4 Å². The van der Waals surface area contributed by atoms with Gasteiger partial charge in [0.05, 0.1) is 0 Å². The van der Waals surface area contributed by atoms with Gasteiger partial charge in [-0.25, -0.2) is 4.98 Å². The highest BCUT2D eigenvalue weighted by atomic mass is 32.1. The molecular weight excluding hydrogens is 314 g/mol. The smallest absolute Gasteiger partial charge is 0.322 e. The molecule has 0 atom stereocenters. The first-order chi connectivity index (χ1) is 10.4. The minimum absolute atomic E-state index is 0.00556. The number of aliphatic carboxylic acids is 1. The van der Waals surface area contributed by atoms with Gasteiger partial charge in [-0.1, -0.05) is 0 Å². The van der Waals surface area contributed by atoms with Crippen LogP contribution in [0.25, 0.3) is 11.2 Å². The topological polar surface area (TPSA) is 161 Å². The van der Waals surface area contributed by atoms with E-state index in [1.54, 1.807) is 0 Å². The third-order valence-electron chi connectivity index (χ3n) is 2.69. The molecule has 0 unspecified atom stereocenters. The lowest BCUT2D eigenvalue weighted by atomic mass is 10.2. The fourth-order valence-electron chi connectivity index (χ4n) is 1.71. The number of H-pyrrole nitrogens is 3. The summed E-state index contributed by atoms with van der Waals surface area (Å²) in [5.74, 6) is -1.71. The van der Waals surface area contributed by atoms with Crippen LogP contribution in [0.5, 0.6) is 0 Å². The molecule has 0 spiro atoms. The molecule has 5 N–H and O–H groups in total. The van der Waals surface area contributed by atoms with Gasteiger partial charge in [-0.05, 0) is 12.2 Å². The molecule has 11 heteroatoms. The molecule has 22 heavy (non-hydrogen) atoms. The van der Waals surface area contributed by atoms with E-state index in [0.717, 1.165) is 0 Å². The summed E-state index contributed by atoms with van der Waals surface area (Å²) in [5.41, 5.74) is -1.07. The number of carboxylic acids is 1. The molecule has 0 aliphatic carbocycles.